The fourth-order valence-electron chi connectivity index (χ4n) is 2.94. The van der Waals surface area contributed by atoms with E-state index >= 15 is 0 Å². The summed E-state index contributed by atoms with van der Waals surface area (Å²) in [5.74, 6) is 1.32. The zero-order chi connectivity index (χ0) is 20.9. The van der Waals surface area contributed by atoms with Crippen molar-refractivity contribution in [3.63, 3.8) is 0 Å². The number of nitrogens with one attached hydrogen (secondary N) is 1. The largest absolute Gasteiger partial charge is 0.322 e. The van der Waals surface area contributed by atoms with Gasteiger partial charge in [0.2, 0.25) is 0 Å². The molecule has 0 saturated carbocycles. The Bertz CT molecular complexity index is 1160. The smallest absolute Gasteiger partial charge is 0.255 e. The Morgan fingerprint density at radius 1 is 0.967 bits per heavy atom. The van der Waals surface area contributed by atoms with Crippen LogP contribution in [0.1, 0.15) is 15.9 Å². The van der Waals surface area contributed by atoms with Crippen LogP contribution in [0.2, 0.25) is 5.02 Å². The van der Waals surface area contributed by atoms with E-state index in [2.05, 4.69) is 15.5 Å². The van der Waals surface area contributed by atoms with Crippen molar-refractivity contribution < 1.29 is 4.79 Å². The minimum absolute atomic E-state index is 0.127. The highest BCUT2D eigenvalue weighted by molar-refractivity contribution is 7.98. The number of para-hydroxylation sites is 1. The van der Waals surface area contributed by atoms with Gasteiger partial charge in [-0.25, -0.2) is 0 Å². The first-order valence-corrected chi connectivity index (χ1v) is 10.7. The Kier molecular flexibility index (Phi) is 6.16. The van der Waals surface area contributed by atoms with E-state index < -0.39 is 0 Å². The summed E-state index contributed by atoms with van der Waals surface area (Å²) in [6.07, 6.45) is 0. The molecule has 0 fully saturated rings. The predicted molar refractivity (Wildman–Crippen MR) is 122 cm³/mol. The number of anilines is 1. The van der Waals surface area contributed by atoms with Crippen molar-refractivity contribution in [3.8, 4) is 11.4 Å². The summed E-state index contributed by atoms with van der Waals surface area (Å²) in [5, 5.41) is 12.9. The number of hydrogen-bond donors (Lipinski definition) is 1. The lowest BCUT2D eigenvalue weighted by Crippen LogP contribution is -2.11. The molecule has 3 aromatic carbocycles. The van der Waals surface area contributed by atoms with E-state index in [1.165, 1.54) is 0 Å². The van der Waals surface area contributed by atoms with Gasteiger partial charge in [0.15, 0.2) is 11.0 Å². The summed E-state index contributed by atoms with van der Waals surface area (Å²) >= 11 is 7.87. The van der Waals surface area contributed by atoms with Crippen LogP contribution < -0.4 is 5.32 Å². The average molecular weight is 435 g/mol. The molecule has 1 aromatic heterocycles. The Labute approximate surface area is 184 Å². The fourth-order valence-corrected chi connectivity index (χ4v) is 4.03. The van der Waals surface area contributed by atoms with E-state index in [9.17, 15) is 4.79 Å². The number of halogens is 1. The third-order valence-corrected chi connectivity index (χ3v) is 5.99. The van der Waals surface area contributed by atoms with Gasteiger partial charge in [-0.05, 0) is 42.0 Å². The third-order valence-electron chi connectivity index (χ3n) is 4.57. The molecule has 1 N–H and O–H groups in total. The summed E-state index contributed by atoms with van der Waals surface area (Å²) in [6, 6.07) is 24.6. The van der Waals surface area contributed by atoms with E-state index in [1.54, 1.807) is 11.8 Å². The fraction of sp³-hybridized carbons (Fsp3) is 0.0870. The Morgan fingerprint density at radius 2 is 1.67 bits per heavy atom. The van der Waals surface area contributed by atoms with Crippen LogP contribution >= 0.6 is 23.4 Å². The summed E-state index contributed by atoms with van der Waals surface area (Å²) in [7, 11) is 1.93. The SMILES string of the molecule is Cn1c(SCc2ccc(C(=O)Nc3ccccc3)cc2)nnc1-c1ccccc1Cl. The lowest BCUT2D eigenvalue weighted by atomic mass is 10.1. The highest BCUT2D eigenvalue weighted by Gasteiger charge is 2.14. The van der Waals surface area contributed by atoms with Crippen LogP contribution in [-0.4, -0.2) is 20.7 Å². The molecule has 0 radical (unpaired) electrons. The van der Waals surface area contributed by atoms with E-state index in [-0.39, 0.29) is 5.91 Å². The number of benzene rings is 3. The van der Waals surface area contributed by atoms with Crippen molar-refractivity contribution >= 4 is 35.0 Å². The predicted octanol–water partition coefficient (Wildman–Crippen LogP) is 5.68. The molecule has 150 valence electrons. The molecule has 5 nitrogen and oxygen atoms in total. The van der Waals surface area contributed by atoms with Crippen molar-refractivity contribution in [2.45, 2.75) is 10.9 Å². The summed E-state index contributed by atoms with van der Waals surface area (Å²) in [4.78, 5) is 12.4. The number of aromatic nitrogens is 3. The molecule has 30 heavy (non-hydrogen) atoms. The summed E-state index contributed by atoms with van der Waals surface area (Å²) in [5.41, 5.74) is 3.35. The molecule has 4 aromatic rings. The van der Waals surface area contributed by atoms with Crippen LogP contribution in [0, 0.1) is 0 Å². The van der Waals surface area contributed by atoms with Crippen molar-refractivity contribution in [2.24, 2.45) is 7.05 Å². The minimum Gasteiger partial charge on any atom is -0.322 e. The molecule has 1 heterocycles. The van der Waals surface area contributed by atoms with Crippen molar-refractivity contribution in [3.05, 3.63) is 95.0 Å². The van der Waals surface area contributed by atoms with Gasteiger partial charge in [0.25, 0.3) is 5.91 Å². The van der Waals surface area contributed by atoms with E-state index in [1.807, 2.05) is 90.5 Å². The van der Waals surface area contributed by atoms with Crippen LogP contribution in [0.5, 0.6) is 0 Å². The van der Waals surface area contributed by atoms with Gasteiger partial charge in [0.05, 0.1) is 5.02 Å². The summed E-state index contributed by atoms with van der Waals surface area (Å²) < 4.78 is 1.94. The van der Waals surface area contributed by atoms with Gasteiger partial charge in [-0.2, -0.15) is 0 Å². The molecule has 0 aliphatic carbocycles. The van der Waals surface area contributed by atoms with Crippen molar-refractivity contribution in [1.82, 2.24) is 14.8 Å². The molecular formula is C23H19ClN4OS. The second-order valence-electron chi connectivity index (χ2n) is 6.65. The number of carbonyl (C=O) groups excluding carboxylic acids is 1. The lowest BCUT2D eigenvalue weighted by Gasteiger charge is -2.07. The first-order valence-electron chi connectivity index (χ1n) is 9.34. The maximum atomic E-state index is 12.4. The van der Waals surface area contributed by atoms with Gasteiger partial charge < -0.3 is 9.88 Å². The molecule has 0 unspecified atom stereocenters. The summed E-state index contributed by atoms with van der Waals surface area (Å²) in [6.45, 7) is 0. The van der Waals surface area contributed by atoms with Gasteiger partial charge in [-0.1, -0.05) is 65.8 Å². The molecule has 0 aliphatic rings. The third kappa shape index (κ3) is 4.56. The van der Waals surface area contributed by atoms with Gasteiger partial charge in [-0.3, -0.25) is 4.79 Å². The first-order chi connectivity index (χ1) is 14.6. The highest BCUT2D eigenvalue weighted by Crippen LogP contribution is 2.29. The quantitative estimate of drug-likeness (QED) is 0.396. The topological polar surface area (TPSA) is 59.8 Å². The molecule has 0 bridgehead atoms. The van der Waals surface area contributed by atoms with Crippen LogP contribution in [0.15, 0.2) is 84.0 Å². The second-order valence-corrected chi connectivity index (χ2v) is 8.00. The van der Waals surface area contributed by atoms with Crippen LogP contribution in [0.4, 0.5) is 5.69 Å². The Morgan fingerprint density at radius 3 is 2.40 bits per heavy atom. The van der Waals surface area contributed by atoms with Gasteiger partial charge in [0, 0.05) is 29.6 Å². The first kappa shape index (κ1) is 20.2. The van der Waals surface area contributed by atoms with E-state index in [0.29, 0.717) is 10.6 Å². The van der Waals surface area contributed by atoms with Crippen LogP contribution in [0.3, 0.4) is 0 Å². The number of amides is 1. The molecule has 0 spiro atoms. The van der Waals surface area contributed by atoms with Gasteiger partial charge >= 0.3 is 0 Å². The Balaban J connectivity index is 1.40. The van der Waals surface area contributed by atoms with Crippen LogP contribution in [0.25, 0.3) is 11.4 Å². The zero-order valence-corrected chi connectivity index (χ0v) is 17.8. The normalized spacial score (nSPS) is 10.7. The molecular weight excluding hydrogens is 416 g/mol. The Hall–Kier alpha value is -3.09. The number of rotatable bonds is 6. The molecule has 0 saturated heterocycles. The number of carbonyl (C=O) groups is 1. The van der Waals surface area contributed by atoms with E-state index in [0.717, 1.165) is 33.5 Å². The van der Waals surface area contributed by atoms with Crippen molar-refractivity contribution in [2.75, 3.05) is 5.32 Å². The van der Waals surface area contributed by atoms with Gasteiger partial charge in [0.1, 0.15) is 0 Å². The molecule has 0 aliphatic heterocycles. The molecule has 1 amide bonds. The molecule has 0 atom stereocenters. The number of nitrogens with zero attached hydrogens (tertiary/aromatic N) is 3. The monoisotopic (exact) mass is 434 g/mol. The van der Waals surface area contributed by atoms with E-state index in [4.69, 9.17) is 11.6 Å². The maximum Gasteiger partial charge on any atom is 0.255 e. The number of thioether (sulfide) groups is 1. The standard InChI is InChI=1S/C23H19ClN4OS/c1-28-21(19-9-5-6-10-20(19)24)26-27-23(28)30-15-16-11-13-17(14-12-16)22(29)25-18-7-3-2-4-8-18/h2-14H,15H2,1H3,(H,25,29). The zero-order valence-electron chi connectivity index (χ0n) is 16.2. The number of hydrogen-bond acceptors (Lipinski definition) is 4. The molecule has 4 rings (SSSR count). The highest BCUT2D eigenvalue weighted by atomic mass is 35.5. The second kappa shape index (κ2) is 9.15. The van der Waals surface area contributed by atoms with Crippen LogP contribution in [-0.2, 0) is 12.8 Å². The lowest BCUT2D eigenvalue weighted by molar-refractivity contribution is 0.102. The molecule has 7 heteroatoms. The average Bonchev–Trinajstić information content (AvgIpc) is 3.14. The maximum absolute atomic E-state index is 12.4. The van der Waals surface area contributed by atoms with Gasteiger partial charge in [-0.15, -0.1) is 10.2 Å². The van der Waals surface area contributed by atoms with Crippen molar-refractivity contribution in [1.29, 1.82) is 0 Å². The minimum atomic E-state index is -0.127.